The summed E-state index contributed by atoms with van der Waals surface area (Å²) in [5, 5.41) is 8.43. The third-order valence-corrected chi connectivity index (χ3v) is 5.71. The monoisotopic (exact) mass is 452 g/mol. The van der Waals surface area contributed by atoms with E-state index in [1.807, 2.05) is 42.5 Å². The van der Waals surface area contributed by atoms with Crippen LogP contribution in [0.2, 0.25) is 5.02 Å². The van der Waals surface area contributed by atoms with E-state index in [2.05, 4.69) is 5.32 Å². The van der Waals surface area contributed by atoms with Crippen molar-refractivity contribution in [1.29, 1.82) is 0 Å². The lowest BCUT2D eigenvalue weighted by atomic mass is 10.0. The van der Waals surface area contributed by atoms with E-state index in [1.54, 1.807) is 34.8 Å². The summed E-state index contributed by atoms with van der Waals surface area (Å²) in [7, 11) is 0. The molecule has 2 amide bonds. The normalized spacial score (nSPS) is 14.2. The Morgan fingerprint density at radius 2 is 1.78 bits per heavy atom. The SMILES string of the molecule is CCOC(=O)N1CCC(NC(=O)c2cn(-c3ccccc3)nc2-c2ccc(Cl)cc2)CC1. The van der Waals surface area contributed by atoms with E-state index < -0.39 is 0 Å². The van der Waals surface area contributed by atoms with Gasteiger partial charge in [-0.3, -0.25) is 4.79 Å². The molecular weight excluding hydrogens is 428 g/mol. The van der Waals surface area contributed by atoms with E-state index >= 15 is 0 Å². The lowest BCUT2D eigenvalue weighted by molar-refractivity contribution is 0.0860. The summed E-state index contributed by atoms with van der Waals surface area (Å²) < 4.78 is 6.77. The minimum absolute atomic E-state index is 0.0219. The number of para-hydroxylation sites is 1. The topological polar surface area (TPSA) is 76.5 Å². The van der Waals surface area contributed by atoms with E-state index in [1.165, 1.54) is 0 Å². The van der Waals surface area contributed by atoms with Gasteiger partial charge in [0.25, 0.3) is 5.91 Å². The molecule has 2 aromatic carbocycles. The smallest absolute Gasteiger partial charge is 0.409 e. The maximum absolute atomic E-state index is 13.2. The van der Waals surface area contributed by atoms with Gasteiger partial charge in [0.1, 0.15) is 5.69 Å². The maximum atomic E-state index is 13.2. The molecule has 1 N–H and O–H groups in total. The number of nitrogens with zero attached hydrogens (tertiary/aromatic N) is 3. The molecule has 0 spiro atoms. The summed E-state index contributed by atoms with van der Waals surface area (Å²) in [6.45, 7) is 3.25. The van der Waals surface area contributed by atoms with Crippen molar-refractivity contribution in [2.75, 3.05) is 19.7 Å². The molecule has 0 atom stereocenters. The lowest BCUT2D eigenvalue weighted by Gasteiger charge is -2.31. The molecule has 4 rings (SSSR count). The molecule has 2 heterocycles. The Kier molecular flexibility index (Phi) is 6.75. The number of benzene rings is 2. The lowest BCUT2D eigenvalue weighted by Crippen LogP contribution is -2.46. The molecule has 1 aromatic heterocycles. The minimum atomic E-state index is -0.300. The van der Waals surface area contributed by atoms with Crippen LogP contribution in [0.1, 0.15) is 30.1 Å². The quantitative estimate of drug-likeness (QED) is 0.616. The van der Waals surface area contributed by atoms with Crippen LogP contribution < -0.4 is 5.32 Å². The van der Waals surface area contributed by atoms with Crippen LogP contribution in [0.3, 0.4) is 0 Å². The van der Waals surface area contributed by atoms with Crippen LogP contribution in [0.4, 0.5) is 4.79 Å². The average molecular weight is 453 g/mol. The first-order chi connectivity index (χ1) is 15.5. The molecule has 3 aromatic rings. The molecule has 1 saturated heterocycles. The average Bonchev–Trinajstić information content (AvgIpc) is 3.26. The zero-order valence-electron chi connectivity index (χ0n) is 17.8. The number of amides is 2. The van der Waals surface area contributed by atoms with Crippen molar-refractivity contribution >= 4 is 23.6 Å². The number of nitrogens with one attached hydrogen (secondary N) is 1. The van der Waals surface area contributed by atoms with Gasteiger partial charge in [0.2, 0.25) is 0 Å². The fraction of sp³-hybridized carbons (Fsp3) is 0.292. The van der Waals surface area contributed by atoms with Gasteiger partial charge in [-0.25, -0.2) is 9.48 Å². The minimum Gasteiger partial charge on any atom is -0.450 e. The molecule has 7 nitrogen and oxygen atoms in total. The van der Waals surface area contributed by atoms with Gasteiger partial charge in [-0.1, -0.05) is 41.9 Å². The van der Waals surface area contributed by atoms with Gasteiger partial charge >= 0.3 is 6.09 Å². The number of likely N-dealkylation sites (tertiary alicyclic amines) is 1. The highest BCUT2D eigenvalue weighted by atomic mass is 35.5. The first-order valence-corrected chi connectivity index (χ1v) is 11.1. The third kappa shape index (κ3) is 4.94. The molecule has 1 fully saturated rings. The van der Waals surface area contributed by atoms with Crippen molar-refractivity contribution in [3.63, 3.8) is 0 Å². The van der Waals surface area contributed by atoms with Crippen LogP contribution in [0, 0.1) is 0 Å². The van der Waals surface area contributed by atoms with E-state index in [-0.39, 0.29) is 18.0 Å². The number of hydrogen-bond acceptors (Lipinski definition) is 4. The number of halogens is 1. The molecule has 0 saturated carbocycles. The van der Waals surface area contributed by atoms with Gasteiger partial charge in [0.15, 0.2) is 0 Å². The van der Waals surface area contributed by atoms with Crippen molar-refractivity contribution < 1.29 is 14.3 Å². The summed E-state index contributed by atoms with van der Waals surface area (Å²) in [4.78, 5) is 26.8. The predicted molar refractivity (Wildman–Crippen MR) is 123 cm³/mol. The molecule has 0 radical (unpaired) electrons. The Labute approximate surface area is 191 Å². The first kappa shape index (κ1) is 21.9. The third-order valence-electron chi connectivity index (χ3n) is 5.45. The zero-order valence-corrected chi connectivity index (χ0v) is 18.6. The highest BCUT2D eigenvalue weighted by Crippen LogP contribution is 2.26. The van der Waals surface area contributed by atoms with Crippen LogP contribution in [-0.4, -0.2) is 52.4 Å². The molecule has 166 valence electrons. The van der Waals surface area contributed by atoms with Gasteiger partial charge in [0.05, 0.1) is 17.9 Å². The number of piperidine rings is 1. The Hall–Kier alpha value is -3.32. The summed E-state index contributed by atoms with van der Waals surface area (Å²) in [5.74, 6) is -0.188. The zero-order chi connectivity index (χ0) is 22.5. The first-order valence-electron chi connectivity index (χ1n) is 10.7. The molecule has 1 aliphatic heterocycles. The second-order valence-electron chi connectivity index (χ2n) is 7.61. The summed E-state index contributed by atoms with van der Waals surface area (Å²) in [6.07, 6.45) is 2.80. The van der Waals surface area contributed by atoms with Crippen LogP contribution in [0.15, 0.2) is 60.8 Å². The highest BCUT2D eigenvalue weighted by Gasteiger charge is 2.26. The van der Waals surface area contributed by atoms with Crippen molar-refractivity contribution in [2.24, 2.45) is 0 Å². The van der Waals surface area contributed by atoms with Gasteiger partial charge in [-0.15, -0.1) is 0 Å². The predicted octanol–water partition coefficient (Wildman–Crippen LogP) is 4.54. The summed E-state index contributed by atoms with van der Waals surface area (Å²) in [6, 6.07) is 16.9. The van der Waals surface area contributed by atoms with Gasteiger partial charge in [0, 0.05) is 35.9 Å². The fourth-order valence-electron chi connectivity index (χ4n) is 3.76. The molecular formula is C24H25ClN4O3. The summed E-state index contributed by atoms with van der Waals surface area (Å²) in [5.41, 5.74) is 2.76. The van der Waals surface area contributed by atoms with Crippen LogP contribution in [-0.2, 0) is 4.74 Å². The Morgan fingerprint density at radius 1 is 1.09 bits per heavy atom. The van der Waals surface area contributed by atoms with Crippen LogP contribution in [0.5, 0.6) is 0 Å². The molecule has 0 aliphatic carbocycles. The standard InChI is InChI=1S/C24H25ClN4O3/c1-2-32-24(31)28-14-12-19(13-15-28)26-23(30)21-16-29(20-6-4-3-5-7-20)27-22(21)17-8-10-18(25)11-9-17/h3-11,16,19H,2,12-15H2,1H3,(H,26,30). The van der Waals surface area contributed by atoms with Gasteiger partial charge < -0.3 is 15.0 Å². The van der Waals surface area contributed by atoms with E-state index in [0.717, 1.165) is 11.3 Å². The number of carbonyl (C=O) groups is 2. The molecule has 1 aliphatic rings. The van der Waals surface area contributed by atoms with Gasteiger partial charge in [-0.2, -0.15) is 5.10 Å². The number of ether oxygens (including phenoxy) is 1. The number of rotatable bonds is 5. The maximum Gasteiger partial charge on any atom is 0.409 e. The Bertz CT molecular complexity index is 1070. The molecule has 0 bridgehead atoms. The summed E-state index contributed by atoms with van der Waals surface area (Å²) >= 11 is 6.04. The second-order valence-corrected chi connectivity index (χ2v) is 8.05. The van der Waals surface area contributed by atoms with E-state index in [4.69, 9.17) is 21.4 Å². The van der Waals surface area contributed by atoms with Crippen LogP contribution >= 0.6 is 11.6 Å². The number of carbonyl (C=O) groups excluding carboxylic acids is 2. The van der Waals surface area contributed by atoms with Gasteiger partial charge in [-0.05, 0) is 44.0 Å². The Balaban J connectivity index is 1.54. The number of aromatic nitrogens is 2. The molecule has 32 heavy (non-hydrogen) atoms. The highest BCUT2D eigenvalue weighted by molar-refractivity contribution is 6.30. The molecule has 8 heteroatoms. The second kappa shape index (κ2) is 9.87. The Morgan fingerprint density at radius 3 is 2.44 bits per heavy atom. The van der Waals surface area contributed by atoms with Crippen molar-refractivity contribution in [2.45, 2.75) is 25.8 Å². The largest absolute Gasteiger partial charge is 0.450 e. The van der Waals surface area contributed by atoms with Crippen LogP contribution in [0.25, 0.3) is 16.9 Å². The fourth-order valence-corrected chi connectivity index (χ4v) is 3.88. The van der Waals surface area contributed by atoms with Crippen molar-refractivity contribution in [3.05, 3.63) is 71.4 Å². The molecule has 0 unspecified atom stereocenters. The van der Waals surface area contributed by atoms with E-state index in [9.17, 15) is 9.59 Å². The number of hydrogen-bond donors (Lipinski definition) is 1. The van der Waals surface area contributed by atoms with E-state index in [0.29, 0.717) is 48.8 Å². The van der Waals surface area contributed by atoms with Crippen molar-refractivity contribution in [1.82, 2.24) is 20.0 Å². The van der Waals surface area contributed by atoms with Crippen molar-refractivity contribution in [3.8, 4) is 16.9 Å².